The maximum atomic E-state index is 13.1. The first kappa shape index (κ1) is 25.3. The highest BCUT2D eigenvalue weighted by atomic mass is 79.9. The Morgan fingerprint density at radius 1 is 1.20 bits per heavy atom. The van der Waals surface area contributed by atoms with Crippen molar-refractivity contribution in [2.75, 3.05) is 17.7 Å². The number of fused-ring (bicyclic) bond motifs is 1. The van der Waals surface area contributed by atoms with Crippen LogP contribution in [-0.4, -0.2) is 33.1 Å². The predicted octanol–water partition coefficient (Wildman–Crippen LogP) is 6.36. The number of benzene rings is 2. The lowest BCUT2D eigenvalue weighted by Crippen LogP contribution is -2.29. The number of aromatic nitrogens is 3. The zero-order valence-electron chi connectivity index (χ0n) is 20.1. The van der Waals surface area contributed by atoms with Gasteiger partial charge in [0, 0.05) is 10.2 Å². The summed E-state index contributed by atoms with van der Waals surface area (Å²) in [5.74, 6) is 1.88. The summed E-state index contributed by atoms with van der Waals surface area (Å²) in [6.45, 7) is 6.86. The molecule has 35 heavy (non-hydrogen) atoms. The van der Waals surface area contributed by atoms with Crippen molar-refractivity contribution in [2.45, 2.75) is 51.4 Å². The van der Waals surface area contributed by atoms with Gasteiger partial charge in [0.2, 0.25) is 11.1 Å². The van der Waals surface area contributed by atoms with Crippen molar-refractivity contribution in [3.05, 3.63) is 75.4 Å². The largest absolute Gasteiger partial charge is 0.489 e. The molecule has 1 atom stereocenters. The van der Waals surface area contributed by atoms with Gasteiger partial charge in [-0.2, -0.15) is 4.98 Å². The molecule has 0 spiro atoms. The van der Waals surface area contributed by atoms with Crippen LogP contribution in [0.2, 0.25) is 0 Å². The van der Waals surface area contributed by atoms with Crippen LogP contribution in [0.4, 0.5) is 5.95 Å². The van der Waals surface area contributed by atoms with E-state index in [0.29, 0.717) is 29.9 Å². The minimum atomic E-state index is -0.446. The van der Waals surface area contributed by atoms with Crippen molar-refractivity contribution >= 4 is 39.6 Å². The number of ether oxygens (including phenoxy) is 2. The molecule has 0 saturated heterocycles. The van der Waals surface area contributed by atoms with Gasteiger partial charge >= 0.3 is 5.97 Å². The SMILES string of the molecule is CCCCOC(=O)C1=C(C)Nc2nc(SCC)nn2C1c1ccc(OCc2cccc(Br)c2)cc1. The number of carbonyl (C=O) groups is 1. The third kappa shape index (κ3) is 6.08. The number of nitrogens with zero attached hydrogens (tertiary/aromatic N) is 3. The molecule has 0 amide bonds. The Labute approximate surface area is 218 Å². The lowest BCUT2D eigenvalue weighted by atomic mass is 9.96. The molecule has 1 aliphatic heterocycles. The molecule has 0 fully saturated rings. The number of halogens is 1. The Kier molecular flexibility index (Phi) is 8.51. The molecule has 0 bridgehead atoms. The molecule has 0 aliphatic carbocycles. The average molecular weight is 558 g/mol. The summed E-state index contributed by atoms with van der Waals surface area (Å²) >= 11 is 5.05. The fourth-order valence-electron chi connectivity index (χ4n) is 3.82. The van der Waals surface area contributed by atoms with E-state index in [1.54, 1.807) is 16.4 Å². The van der Waals surface area contributed by atoms with Gasteiger partial charge in [-0.15, -0.1) is 5.10 Å². The van der Waals surface area contributed by atoms with E-state index < -0.39 is 6.04 Å². The van der Waals surface area contributed by atoms with E-state index in [4.69, 9.17) is 14.6 Å². The van der Waals surface area contributed by atoms with E-state index in [0.717, 1.165) is 45.6 Å². The van der Waals surface area contributed by atoms with Gasteiger partial charge in [0.15, 0.2) is 0 Å². The van der Waals surface area contributed by atoms with Crippen LogP contribution in [0.25, 0.3) is 0 Å². The Balaban J connectivity index is 1.61. The molecule has 184 valence electrons. The zero-order valence-corrected chi connectivity index (χ0v) is 22.5. The van der Waals surface area contributed by atoms with Gasteiger partial charge in [0.05, 0.1) is 12.2 Å². The first-order valence-corrected chi connectivity index (χ1v) is 13.5. The number of carbonyl (C=O) groups excluding carboxylic acids is 1. The van der Waals surface area contributed by atoms with Crippen LogP contribution in [0.1, 0.15) is 50.8 Å². The first-order valence-electron chi connectivity index (χ1n) is 11.7. The van der Waals surface area contributed by atoms with Gasteiger partial charge in [0.25, 0.3) is 0 Å². The van der Waals surface area contributed by atoms with E-state index in [-0.39, 0.29) is 5.97 Å². The van der Waals surface area contributed by atoms with Crippen LogP contribution < -0.4 is 10.1 Å². The molecular weight excluding hydrogens is 528 g/mol. The number of unbranched alkanes of at least 4 members (excludes halogenated alkanes) is 1. The highest BCUT2D eigenvalue weighted by Gasteiger charge is 2.35. The first-order chi connectivity index (χ1) is 17.0. The van der Waals surface area contributed by atoms with Crippen LogP contribution in [0.15, 0.2) is 69.4 Å². The fourth-order valence-corrected chi connectivity index (χ4v) is 4.82. The van der Waals surface area contributed by atoms with Crippen LogP contribution in [0.3, 0.4) is 0 Å². The third-order valence-corrected chi connectivity index (χ3v) is 6.76. The zero-order chi connectivity index (χ0) is 24.8. The van der Waals surface area contributed by atoms with E-state index in [9.17, 15) is 4.79 Å². The molecule has 1 N–H and O–H groups in total. The fraction of sp³-hybridized carbons (Fsp3) is 0.346. The Morgan fingerprint density at radius 2 is 2.00 bits per heavy atom. The molecule has 0 radical (unpaired) electrons. The molecule has 2 heterocycles. The van der Waals surface area contributed by atoms with Gasteiger partial charge in [-0.3, -0.25) is 0 Å². The molecule has 0 saturated carbocycles. The van der Waals surface area contributed by atoms with Crippen molar-refractivity contribution in [3.63, 3.8) is 0 Å². The van der Waals surface area contributed by atoms with Crippen molar-refractivity contribution in [1.82, 2.24) is 14.8 Å². The van der Waals surface area contributed by atoms with Crippen LogP contribution in [0.5, 0.6) is 5.75 Å². The molecule has 1 aliphatic rings. The second kappa shape index (κ2) is 11.8. The predicted molar refractivity (Wildman–Crippen MR) is 142 cm³/mol. The smallest absolute Gasteiger partial charge is 0.338 e. The maximum Gasteiger partial charge on any atom is 0.338 e. The molecule has 9 heteroatoms. The number of hydrogen-bond acceptors (Lipinski definition) is 7. The highest BCUT2D eigenvalue weighted by molar-refractivity contribution is 9.10. The quantitative estimate of drug-likeness (QED) is 0.177. The van der Waals surface area contributed by atoms with Crippen molar-refractivity contribution < 1.29 is 14.3 Å². The van der Waals surface area contributed by atoms with Crippen LogP contribution >= 0.6 is 27.7 Å². The molecule has 2 aromatic carbocycles. The normalized spacial score (nSPS) is 14.9. The summed E-state index contributed by atoms with van der Waals surface area (Å²) in [4.78, 5) is 17.8. The lowest BCUT2D eigenvalue weighted by molar-refractivity contribution is -0.139. The minimum absolute atomic E-state index is 0.339. The summed E-state index contributed by atoms with van der Waals surface area (Å²) in [5.41, 5.74) is 3.24. The summed E-state index contributed by atoms with van der Waals surface area (Å²) in [5, 5.41) is 8.61. The second-order valence-electron chi connectivity index (χ2n) is 8.14. The number of esters is 1. The Hall–Kier alpha value is -2.78. The Bertz CT molecular complexity index is 1210. The van der Waals surface area contributed by atoms with Crippen LogP contribution in [-0.2, 0) is 16.1 Å². The molecule has 4 rings (SSSR count). The van der Waals surface area contributed by atoms with Gasteiger partial charge in [-0.25, -0.2) is 9.48 Å². The third-order valence-electron chi connectivity index (χ3n) is 5.55. The summed E-state index contributed by atoms with van der Waals surface area (Å²) < 4.78 is 14.4. The van der Waals surface area contributed by atoms with E-state index in [2.05, 4.69) is 40.1 Å². The van der Waals surface area contributed by atoms with Crippen LogP contribution in [0, 0.1) is 0 Å². The monoisotopic (exact) mass is 556 g/mol. The van der Waals surface area contributed by atoms with Crippen molar-refractivity contribution in [2.24, 2.45) is 0 Å². The number of hydrogen-bond donors (Lipinski definition) is 1. The summed E-state index contributed by atoms with van der Waals surface area (Å²) in [6.07, 6.45) is 1.78. The van der Waals surface area contributed by atoms with E-state index in [1.165, 1.54) is 0 Å². The number of allylic oxidation sites excluding steroid dienone is 1. The van der Waals surface area contributed by atoms with E-state index in [1.807, 2.05) is 55.5 Å². The van der Waals surface area contributed by atoms with Crippen molar-refractivity contribution in [3.8, 4) is 5.75 Å². The minimum Gasteiger partial charge on any atom is -0.489 e. The lowest BCUT2D eigenvalue weighted by Gasteiger charge is -2.28. The molecule has 3 aromatic rings. The van der Waals surface area contributed by atoms with Gasteiger partial charge < -0.3 is 14.8 Å². The summed E-state index contributed by atoms with van der Waals surface area (Å²) in [7, 11) is 0. The number of anilines is 1. The topological polar surface area (TPSA) is 78.3 Å². The van der Waals surface area contributed by atoms with Crippen molar-refractivity contribution in [1.29, 1.82) is 0 Å². The standard InChI is InChI=1S/C26H29BrN4O3S/c1-4-6-14-33-24(32)22-17(3)28-25-29-26(35-5-2)30-31(25)23(22)19-10-12-21(13-11-19)34-16-18-8-7-9-20(27)15-18/h7-13,15,23H,4-6,14,16H2,1-3H3,(H,28,29,30). The number of nitrogens with one attached hydrogen (secondary N) is 1. The maximum absolute atomic E-state index is 13.1. The van der Waals surface area contributed by atoms with Gasteiger partial charge in [0.1, 0.15) is 18.4 Å². The molecule has 1 unspecified atom stereocenters. The van der Waals surface area contributed by atoms with Gasteiger partial charge in [-0.1, -0.05) is 72.2 Å². The second-order valence-corrected chi connectivity index (χ2v) is 10.3. The molecular formula is C26H29BrN4O3S. The van der Waals surface area contributed by atoms with Gasteiger partial charge in [-0.05, 0) is 54.5 Å². The van der Waals surface area contributed by atoms with E-state index >= 15 is 0 Å². The number of rotatable bonds is 10. The molecule has 7 nitrogen and oxygen atoms in total. The average Bonchev–Trinajstić information content (AvgIpc) is 3.24. The highest BCUT2D eigenvalue weighted by Crippen LogP contribution is 2.37. The molecule has 1 aromatic heterocycles. The summed E-state index contributed by atoms with van der Waals surface area (Å²) in [6, 6.07) is 15.4. The Morgan fingerprint density at radius 3 is 2.71 bits per heavy atom. The number of thioether (sulfide) groups is 1.